The summed E-state index contributed by atoms with van der Waals surface area (Å²) < 4.78 is 31.4. The third kappa shape index (κ3) is 4.67. The van der Waals surface area contributed by atoms with Gasteiger partial charge in [-0.15, -0.1) is 0 Å². The summed E-state index contributed by atoms with van der Waals surface area (Å²) in [5, 5.41) is 6.87. The number of carbonyl (C=O) groups excluding carboxylic acids is 1. The number of carbonyl (C=O) groups is 1. The third-order valence-electron chi connectivity index (χ3n) is 7.11. The first kappa shape index (κ1) is 26.5. The Labute approximate surface area is 224 Å². The van der Waals surface area contributed by atoms with Crippen molar-refractivity contribution in [2.24, 2.45) is 18.7 Å². The van der Waals surface area contributed by atoms with Crippen LogP contribution in [-0.4, -0.2) is 44.4 Å². The maximum absolute atomic E-state index is 14.4. The highest BCUT2D eigenvalue weighted by Crippen LogP contribution is 2.39. The number of aryl methyl sites for hydroxylation is 1. The molecular weight excluding hydrogens is 504 g/mol. The quantitative estimate of drug-likeness (QED) is 0.412. The molecule has 1 fully saturated rings. The lowest BCUT2D eigenvalue weighted by Crippen LogP contribution is -2.29. The molecule has 5 rings (SSSR count). The van der Waals surface area contributed by atoms with Gasteiger partial charge in [-0.1, -0.05) is 33.8 Å². The fourth-order valence-electron chi connectivity index (χ4n) is 5.08. The van der Waals surface area contributed by atoms with Crippen LogP contribution in [0.15, 0.2) is 47.3 Å². The van der Waals surface area contributed by atoms with Gasteiger partial charge in [-0.3, -0.25) is 9.59 Å². The number of benzene rings is 2. The van der Waals surface area contributed by atoms with Gasteiger partial charge in [0, 0.05) is 37.7 Å². The molecule has 0 saturated carbocycles. The molecule has 1 saturated heterocycles. The molecule has 9 nitrogen and oxygen atoms in total. The largest absolute Gasteiger partial charge is 0.366 e. The van der Waals surface area contributed by atoms with Gasteiger partial charge in [0.1, 0.15) is 22.7 Å². The first-order chi connectivity index (χ1) is 18.4. The highest BCUT2D eigenvalue weighted by atomic mass is 19.1. The van der Waals surface area contributed by atoms with Gasteiger partial charge in [-0.25, -0.2) is 13.8 Å². The molecule has 1 amide bonds. The van der Waals surface area contributed by atoms with Crippen molar-refractivity contribution >= 4 is 28.3 Å². The molecule has 1 aliphatic heterocycles. The fourth-order valence-corrected chi connectivity index (χ4v) is 5.08. The minimum absolute atomic E-state index is 0.0458. The SMILES string of the molecule is C[C@@H]1CN(c2c(NC(=O)c3ccc(=O)n(-c4c(F)cccc4F)n3)ccc3c2nc(C(C)(C)C)n3C)C[C@@H]1N. The Morgan fingerprint density at radius 2 is 1.74 bits per heavy atom. The molecule has 0 aliphatic carbocycles. The van der Waals surface area contributed by atoms with E-state index in [-0.39, 0.29) is 23.1 Å². The highest BCUT2D eigenvalue weighted by molar-refractivity contribution is 6.08. The molecular formula is C28H31F2N7O2. The number of imidazole rings is 1. The van der Waals surface area contributed by atoms with Crippen molar-refractivity contribution in [3.8, 4) is 5.69 Å². The Kier molecular flexibility index (Phi) is 6.50. The summed E-state index contributed by atoms with van der Waals surface area (Å²) in [6, 6.07) is 9.12. The Hall–Kier alpha value is -4.12. The van der Waals surface area contributed by atoms with E-state index in [2.05, 4.69) is 43.0 Å². The number of aromatic nitrogens is 4. The Bertz CT molecular complexity index is 1620. The first-order valence-electron chi connectivity index (χ1n) is 12.7. The Balaban J connectivity index is 1.60. The van der Waals surface area contributed by atoms with Gasteiger partial charge in [0.25, 0.3) is 11.5 Å². The summed E-state index contributed by atoms with van der Waals surface area (Å²) in [6.45, 7) is 9.61. The lowest BCUT2D eigenvalue weighted by atomic mass is 9.96. The summed E-state index contributed by atoms with van der Waals surface area (Å²) >= 11 is 0. The molecule has 2 atom stereocenters. The normalized spacial score (nSPS) is 17.7. The van der Waals surface area contributed by atoms with E-state index in [4.69, 9.17) is 10.7 Å². The van der Waals surface area contributed by atoms with Crippen molar-refractivity contribution in [3.63, 3.8) is 0 Å². The fraction of sp³-hybridized carbons (Fsp3) is 0.357. The van der Waals surface area contributed by atoms with Crippen LogP contribution in [0, 0.1) is 17.6 Å². The summed E-state index contributed by atoms with van der Waals surface area (Å²) in [5.74, 6) is -1.47. The van der Waals surface area contributed by atoms with Crippen LogP contribution >= 0.6 is 0 Å². The number of rotatable bonds is 4. The summed E-state index contributed by atoms with van der Waals surface area (Å²) in [7, 11) is 1.96. The van der Waals surface area contributed by atoms with Crippen LogP contribution < -0.4 is 21.5 Å². The molecule has 3 N–H and O–H groups in total. The molecule has 1 aliphatic rings. The minimum Gasteiger partial charge on any atom is -0.366 e. The monoisotopic (exact) mass is 535 g/mol. The molecule has 0 unspecified atom stereocenters. The van der Waals surface area contributed by atoms with E-state index in [1.807, 2.05) is 17.7 Å². The van der Waals surface area contributed by atoms with Crippen LogP contribution in [0.5, 0.6) is 0 Å². The molecule has 3 heterocycles. The van der Waals surface area contributed by atoms with E-state index in [9.17, 15) is 18.4 Å². The van der Waals surface area contributed by atoms with Crippen molar-refractivity contribution < 1.29 is 13.6 Å². The van der Waals surface area contributed by atoms with Crippen molar-refractivity contribution in [2.45, 2.75) is 39.2 Å². The van der Waals surface area contributed by atoms with Crippen molar-refractivity contribution in [3.05, 3.63) is 76.0 Å². The van der Waals surface area contributed by atoms with Gasteiger partial charge < -0.3 is 20.5 Å². The average molecular weight is 536 g/mol. The Morgan fingerprint density at radius 1 is 1.05 bits per heavy atom. The van der Waals surface area contributed by atoms with Gasteiger partial charge in [0.05, 0.1) is 16.9 Å². The average Bonchev–Trinajstić information content (AvgIpc) is 3.38. The molecule has 0 radical (unpaired) electrons. The molecule has 204 valence electrons. The zero-order chi connectivity index (χ0) is 28.2. The zero-order valence-corrected chi connectivity index (χ0v) is 22.5. The van der Waals surface area contributed by atoms with Gasteiger partial charge in [0.2, 0.25) is 0 Å². The number of nitrogens with zero attached hydrogens (tertiary/aromatic N) is 5. The van der Waals surface area contributed by atoms with Gasteiger partial charge in [-0.05, 0) is 36.2 Å². The van der Waals surface area contributed by atoms with Crippen LogP contribution in [0.3, 0.4) is 0 Å². The van der Waals surface area contributed by atoms with Gasteiger partial charge >= 0.3 is 0 Å². The standard InChI is InChI=1S/C28H31F2N7O2/c1-15-13-36(14-18(15)31)25-19(9-11-21-23(25)33-27(35(21)5)28(2,3)4)32-26(39)20-10-12-22(38)37(34-20)24-16(29)7-6-8-17(24)30/h6-12,15,18H,13-14,31H2,1-5H3,(H,32,39)/t15-,18+/m1/s1. The molecule has 2 aromatic heterocycles. The molecule has 11 heteroatoms. The first-order valence-corrected chi connectivity index (χ1v) is 12.7. The zero-order valence-electron chi connectivity index (χ0n) is 22.5. The summed E-state index contributed by atoms with van der Waals surface area (Å²) in [5.41, 5.74) is 7.37. The van der Waals surface area contributed by atoms with E-state index in [1.54, 1.807) is 6.07 Å². The predicted octanol–water partition coefficient (Wildman–Crippen LogP) is 3.73. The van der Waals surface area contributed by atoms with Crippen LogP contribution in [0.4, 0.5) is 20.2 Å². The predicted molar refractivity (Wildman–Crippen MR) is 146 cm³/mol. The lowest BCUT2D eigenvalue weighted by Gasteiger charge is -2.23. The van der Waals surface area contributed by atoms with Crippen molar-refractivity contribution in [1.29, 1.82) is 0 Å². The maximum atomic E-state index is 14.4. The second-order valence-electron chi connectivity index (χ2n) is 11.1. The number of hydrogen-bond donors (Lipinski definition) is 2. The molecule has 2 aromatic carbocycles. The van der Waals surface area contributed by atoms with E-state index in [0.29, 0.717) is 23.5 Å². The van der Waals surface area contributed by atoms with Gasteiger partial charge in [0.15, 0.2) is 11.6 Å². The molecule has 0 spiro atoms. The number of hydrogen-bond acceptors (Lipinski definition) is 6. The van der Waals surface area contributed by atoms with Crippen LogP contribution in [0.1, 0.15) is 44.0 Å². The Morgan fingerprint density at radius 3 is 2.36 bits per heavy atom. The smallest absolute Gasteiger partial charge is 0.276 e. The molecule has 0 bridgehead atoms. The molecule has 39 heavy (non-hydrogen) atoms. The second-order valence-corrected chi connectivity index (χ2v) is 11.1. The summed E-state index contributed by atoms with van der Waals surface area (Å²) in [4.78, 5) is 32.9. The van der Waals surface area contributed by atoms with Crippen molar-refractivity contribution in [2.75, 3.05) is 23.3 Å². The van der Waals surface area contributed by atoms with Crippen LogP contribution in [0.2, 0.25) is 0 Å². The lowest BCUT2D eigenvalue weighted by molar-refractivity contribution is 0.102. The third-order valence-corrected chi connectivity index (χ3v) is 7.11. The summed E-state index contributed by atoms with van der Waals surface area (Å²) in [6.07, 6.45) is 0. The number of para-hydroxylation sites is 1. The number of nitrogens with two attached hydrogens (primary N) is 1. The van der Waals surface area contributed by atoms with E-state index < -0.39 is 28.8 Å². The number of amides is 1. The second kappa shape index (κ2) is 9.57. The number of nitrogens with one attached hydrogen (secondary N) is 1. The van der Waals surface area contributed by atoms with Crippen molar-refractivity contribution in [1.82, 2.24) is 19.3 Å². The van der Waals surface area contributed by atoms with Crippen LogP contribution in [-0.2, 0) is 12.5 Å². The maximum Gasteiger partial charge on any atom is 0.276 e. The number of fused-ring (bicyclic) bond motifs is 1. The number of anilines is 2. The molecule has 4 aromatic rings. The highest BCUT2D eigenvalue weighted by Gasteiger charge is 2.32. The minimum atomic E-state index is -0.973. The van der Waals surface area contributed by atoms with E-state index in [1.165, 1.54) is 12.1 Å². The van der Waals surface area contributed by atoms with E-state index >= 15 is 0 Å². The number of halogens is 2. The van der Waals surface area contributed by atoms with Gasteiger partial charge in [-0.2, -0.15) is 9.78 Å². The van der Waals surface area contributed by atoms with Crippen LogP contribution in [0.25, 0.3) is 16.7 Å². The van der Waals surface area contributed by atoms with E-state index in [0.717, 1.165) is 40.7 Å². The topological polar surface area (TPSA) is 111 Å².